The summed E-state index contributed by atoms with van der Waals surface area (Å²) < 4.78 is 5.57. The number of carbonyl (C=O) groups excluding carboxylic acids is 2. The van der Waals surface area contributed by atoms with Crippen molar-refractivity contribution in [2.75, 3.05) is 0 Å². The molecule has 3 fully saturated rings. The van der Waals surface area contributed by atoms with E-state index in [2.05, 4.69) is 26.0 Å². The van der Waals surface area contributed by atoms with Crippen LogP contribution in [0.4, 0.5) is 0 Å². The first-order chi connectivity index (χ1) is 14.6. The van der Waals surface area contributed by atoms with E-state index in [0.717, 1.165) is 56.9 Å². The Morgan fingerprint density at radius 3 is 2.55 bits per heavy atom. The van der Waals surface area contributed by atoms with Crippen LogP contribution >= 0.6 is 0 Å². The van der Waals surface area contributed by atoms with Crippen LogP contribution in [0.3, 0.4) is 0 Å². The Balaban J connectivity index is 1.46. The van der Waals surface area contributed by atoms with Gasteiger partial charge in [0.25, 0.3) is 0 Å². The van der Waals surface area contributed by atoms with Crippen LogP contribution in [-0.2, 0) is 14.3 Å². The molecule has 0 aliphatic heterocycles. The number of rotatable bonds is 2. The molecule has 0 amide bonds. The van der Waals surface area contributed by atoms with E-state index in [4.69, 9.17) is 4.74 Å². The highest BCUT2D eigenvalue weighted by Crippen LogP contribution is 2.70. The van der Waals surface area contributed by atoms with Crippen LogP contribution in [0.5, 0.6) is 0 Å². The first-order valence-corrected chi connectivity index (χ1v) is 12.4. The van der Waals surface area contributed by atoms with Crippen LogP contribution in [0.15, 0.2) is 23.3 Å². The number of Topliss-reactive ketones (excluding diaryl/α,β-unsaturated/α-hetero) is 1. The van der Waals surface area contributed by atoms with E-state index < -0.39 is 5.60 Å². The summed E-state index contributed by atoms with van der Waals surface area (Å²) in [6, 6.07) is 0. The Hall–Kier alpha value is -1.42. The normalized spacial score (nSPS) is 48.4. The molecule has 0 aromatic carbocycles. The molecule has 4 heteroatoms. The van der Waals surface area contributed by atoms with Gasteiger partial charge in [0.2, 0.25) is 0 Å². The van der Waals surface area contributed by atoms with Gasteiger partial charge in [0.15, 0.2) is 5.78 Å². The van der Waals surface area contributed by atoms with Gasteiger partial charge in [-0.1, -0.05) is 31.6 Å². The van der Waals surface area contributed by atoms with Gasteiger partial charge in [-0.15, -0.1) is 0 Å². The van der Waals surface area contributed by atoms with E-state index in [-0.39, 0.29) is 34.6 Å². The monoisotopic (exact) mass is 426 g/mol. The van der Waals surface area contributed by atoms with E-state index in [9.17, 15) is 14.7 Å². The number of carbonyl (C=O) groups is 2. The Morgan fingerprint density at radius 2 is 1.84 bits per heavy atom. The van der Waals surface area contributed by atoms with Crippen molar-refractivity contribution < 1.29 is 19.4 Å². The maximum Gasteiger partial charge on any atom is 0.302 e. The summed E-state index contributed by atoms with van der Waals surface area (Å²) in [5.41, 5.74) is 1.86. The molecule has 0 radical (unpaired) electrons. The average molecular weight is 427 g/mol. The van der Waals surface area contributed by atoms with Crippen molar-refractivity contribution in [3.8, 4) is 0 Å². The Bertz CT molecular complexity index is 870. The molecule has 0 aromatic rings. The molecule has 0 spiro atoms. The average Bonchev–Trinajstić information content (AvgIpc) is 2.95. The molecule has 1 N–H and O–H groups in total. The van der Waals surface area contributed by atoms with E-state index >= 15 is 0 Å². The number of hydrogen-bond donors (Lipinski definition) is 1. The fraction of sp³-hybridized carbons (Fsp3) is 0.778. The fourth-order valence-electron chi connectivity index (χ4n) is 9.00. The third kappa shape index (κ3) is 3.03. The number of fused-ring (bicyclic) bond motifs is 7. The maximum absolute atomic E-state index is 12.5. The van der Waals surface area contributed by atoms with Crippen molar-refractivity contribution in [3.63, 3.8) is 0 Å². The molecule has 8 atom stereocenters. The molecular weight excluding hydrogens is 388 g/mol. The minimum atomic E-state index is -0.720. The fourth-order valence-corrected chi connectivity index (χ4v) is 9.00. The molecule has 5 aliphatic carbocycles. The molecule has 0 bridgehead atoms. The minimum Gasteiger partial charge on any atom is -0.462 e. The second-order valence-corrected chi connectivity index (χ2v) is 11.8. The number of esters is 1. The van der Waals surface area contributed by atoms with E-state index in [0.29, 0.717) is 17.8 Å². The van der Waals surface area contributed by atoms with E-state index in [1.165, 1.54) is 18.9 Å². The summed E-state index contributed by atoms with van der Waals surface area (Å²) in [6.07, 6.45) is 13.3. The van der Waals surface area contributed by atoms with Crippen LogP contribution in [0.2, 0.25) is 0 Å². The summed E-state index contributed by atoms with van der Waals surface area (Å²) in [4.78, 5) is 24.0. The number of hydrogen-bond acceptors (Lipinski definition) is 4. The van der Waals surface area contributed by atoms with Crippen LogP contribution in [0, 0.1) is 34.5 Å². The highest BCUT2D eigenvalue weighted by atomic mass is 16.5. The molecule has 170 valence electrons. The van der Waals surface area contributed by atoms with Gasteiger partial charge in [-0.05, 0) is 92.4 Å². The molecule has 5 aliphatic rings. The lowest BCUT2D eigenvalue weighted by atomic mass is 9.47. The standard InChI is InChI=1S/C27H38O4/c1-16(28)20-6-5-11-27(30)15-23-21-8-7-18-14-19(31-17(2)29)9-12-25(18,3)22(21)10-13-26(23,4)24(20)27/h6-7,19,21-24,30H,5,8-15H2,1-4H3. The van der Waals surface area contributed by atoms with Crippen LogP contribution in [0.25, 0.3) is 0 Å². The molecule has 5 rings (SSSR count). The zero-order valence-corrected chi connectivity index (χ0v) is 19.6. The van der Waals surface area contributed by atoms with Gasteiger partial charge in [-0.2, -0.15) is 0 Å². The number of allylic oxidation sites excluding steroid dienone is 2. The van der Waals surface area contributed by atoms with E-state index in [1.807, 2.05) is 0 Å². The lowest BCUT2D eigenvalue weighted by molar-refractivity contribution is -0.148. The number of ether oxygens (including phenoxy) is 1. The largest absolute Gasteiger partial charge is 0.462 e. The van der Waals surface area contributed by atoms with E-state index in [1.54, 1.807) is 6.92 Å². The number of ketones is 1. The van der Waals surface area contributed by atoms with Gasteiger partial charge in [-0.25, -0.2) is 0 Å². The molecule has 4 nitrogen and oxygen atoms in total. The molecule has 31 heavy (non-hydrogen) atoms. The predicted molar refractivity (Wildman–Crippen MR) is 119 cm³/mol. The zero-order chi connectivity index (χ0) is 22.2. The summed E-state index contributed by atoms with van der Waals surface area (Å²) in [6.45, 7) is 8.00. The lowest BCUT2D eigenvalue weighted by Gasteiger charge is -2.58. The lowest BCUT2D eigenvalue weighted by Crippen LogP contribution is -2.51. The first kappa shape index (κ1) is 21.4. The van der Waals surface area contributed by atoms with Crippen molar-refractivity contribution >= 4 is 11.8 Å². The van der Waals surface area contributed by atoms with Crippen molar-refractivity contribution in [2.45, 2.75) is 97.2 Å². The van der Waals surface area contributed by atoms with Gasteiger partial charge < -0.3 is 9.84 Å². The molecule has 0 aromatic heterocycles. The quantitative estimate of drug-likeness (QED) is 0.490. The second-order valence-electron chi connectivity index (χ2n) is 11.8. The Kier molecular flexibility index (Phi) is 4.86. The minimum absolute atomic E-state index is 0.00445. The van der Waals surface area contributed by atoms with Gasteiger partial charge >= 0.3 is 5.97 Å². The van der Waals surface area contributed by atoms with Crippen molar-refractivity contribution in [1.29, 1.82) is 0 Å². The van der Waals surface area contributed by atoms with Crippen LogP contribution < -0.4 is 0 Å². The van der Waals surface area contributed by atoms with Crippen LogP contribution in [-0.4, -0.2) is 28.6 Å². The first-order valence-electron chi connectivity index (χ1n) is 12.4. The summed E-state index contributed by atoms with van der Waals surface area (Å²) in [7, 11) is 0. The smallest absolute Gasteiger partial charge is 0.302 e. The van der Waals surface area contributed by atoms with Crippen molar-refractivity contribution in [2.24, 2.45) is 34.5 Å². The molecule has 0 saturated heterocycles. The zero-order valence-electron chi connectivity index (χ0n) is 19.6. The molecular formula is C27H38O4. The van der Waals surface area contributed by atoms with Gasteiger partial charge in [0.1, 0.15) is 6.10 Å². The Labute approximate surface area is 186 Å². The summed E-state index contributed by atoms with van der Waals surface area (Å²) in [5.74, 6) is 1.62. The third-order valence-electron chi connectivity index (χ3n) is 10.3. The van der Waals surface area contributed by atoms with Gasteiger partial charge in [0, 0.05) is 19.3 Å². The Morgan fingerprint density at radius 1 is 1.06 bits per heavy atom. The highest BCUT2D eigenvalue weighted by molar-refractivity contribution is 5.94. The summed E-state index contributed by atoms with van der Waals surface area (Å²) >= 11 is 0. The van der Waals surface area contributed by atoms with Crippen molar-refractivity contribution in [1.82, 2.24) is 0 Å². The van der Waals surface area contributed by atoms with Gasteiger partial charge in [-0.3, -0.25) is 9.59 Å². The number of aliphatic hydroxyl groups is 1. The van der Waals surface area contributed by atoms with Crippen LogP contribution in [0.1, 0.15) is 85.5 Å². The predicted octanol–water partition coefficient (Wildman–Crippen LogP) is 5.15. The van der Waals surface area contributed by atoms with Gasteiger partial charge in [0.05, 0.1) is 5.60 Å². The highest BCUT2D eigenvalue weighted by Gasteiger charge is 2.66. The SMILES string of the molecule is CC(=O)OC1CCC2(C)C(=CCC3C2CCC2(C)C3CC3(O)CCC=C(C(C)=O)C32)C1. The molecule has 3 saturated carbocycles. The molecule has 0 heterocycles. The topological polar surface area (TPSA) is 63.6 Å². The van der Waals surface area contributed by atoms with Crippen molar-refractivity contribution in [3.05, 3.63) is 23.3 Å². The second kappa shape index (κ2) is 7.04. The third-order valence-corrected chi connectivity index (χ3v) is 10.3. The maximum atomic E-state index is 12.5. The summed E-state index contributed by atoms with van der Waals surface area (Å²) in [5, 5.41) is 11.8. The molecule has 8 unspecified atom stereocenters.